The van der Waals surface area contributed by atoms with Crippen LogP contribution in [0.4, 0.5) is 0 Å². The highest BCUT2D eigenvalue weighted by molar-refractivity contribution is 5.37. The van der Waals surface area contributed by atoms with Crippen LogP contribution in [0.1, 0.15) is 13.8 Å². The zero-order valence-electron chi connectivity index (χ0n) is 10.1. The summed E-state index contributed by atoms with van der Waals surface area (Å²) in [6.45, 7) is 4.37. The van der Waals surface area contributed by atoms with Crippen LogP contribution in [0.25, 0.3) is 5.69 Å². The Bertz CT molecular complexity index is 454. The van der Waals surface area contributed by atoms with E-state index in [1.54, 1.807) is 12.5 Å². The number of benzene rings is 1. The first kappa shape index (κ1) is 11.7. The number of hydrogen-bond donors (Lipinski definition) is 1. The summed E-state index contributed by atoms with van der Waals surface area (Å²) in [4.78, 5) is 4.00. The topological polar surface area (TPSA) is 53.1 Å². The van der Waals surface area contributed by atoms with Crippen LogP contribution >= 0.6 is 0 Å². The lowest BCUT2D eigenvalue weighted by molar-refractivity contribution is 0.243. The Morgan fingerprint density at radius 3 is 2.53 bits per heavy atom. The summed E-state index contributed by atoms with van der Waals surface area (Å²) in [5, 5.41) is 0. The van der Waals surface area contributed by atoms with E-state index < -0.39 is 0 Å². The molecule has 0 unspecified atom stereocenters. The van der Waals surface area contributed by atoms with E-state index in [0.717, 1.165) is 11.4 Å². The minimum atomic E-state index is -0.316. The van der Waals surface area contributed by atoms with Crippen molar-refractivity contribution in [3.8, 4) is 11.4 Å². The van der Waals surface area contributed by atoms with Gasteiger partial charge < -0.3 is 15.0 Å². The molecular formula is C13H17N3O. The molecule has 0 atom stereocenters. The zero-order valence-corrected chi connectivity index (χ0v) is 10.1. The molecule has 2 rings (SSSR count). The van der Waals surface area contributed by atoms with Crippen molar-refractivity contribution in [2.75, 3.05) is 6.61 Å². The molecule has 0 aliphatic rings. The molecule has 0 saturated heterocycles. The number of aromatic nitrogens is 2. The van der Waals surface area contributed by atoms with Crippen LogP contribution in [0.5, 0.6) is 5.75 Å². The highest BCUT2D eigenvalue weighted by Gasteiger charge is 2.11. The van der Waals surface area contributed by atoms with E-state index in [1.807, 2.05) is 48.9 Å². The number of hydrogen-bond acceptors (Lipinski definition) is 3. The maximum atomic E-state index is 5.85. The molecule has 0 bridgehead atoms. The molecule has 1 aromatic carbocycles. The number of ether oxygens (including phenoxy) is 1. The van der Waals surface area contributed by atoms with Crippen molar-refractivity contribution < 1.29 is 4.74 Å². The standard InChI is InChI=1S/C13H17N3O/c1-13(2,14)9-17-12-5-3-11(4-6-12)16-8-7-15-10-16/h3-8,10H,9,14H2,1-2H3. The van der Waals surface area contributed by atoms with Crippen molar-refractivity contribution in [2.45, 2.75) is 19.4 Å². The summed E-state index contributed by atoms with van der Waals surface area (Å²) in [6, 6.07) is 7.84. The monoisotopic (exact) mass is 231 g/mol. The first-order valence-electron chi connectivity index (χ1n) is 5.55. The Morgan fingerprint density at radius 2 is 2.00 bits per heavy atom. The van der Waals surface area contributed by atoms with Gasteiger partial charge in [0.1, 0.15) is 12.4 Å². The average Bonchev–Trinajstić information content (AvgIpc) is 2.79. The van der Waals surface area contributed by atoms with E-state index in [0.29, 0.717) is 6.61 Å². The molecule has 90 valence electrons. The van der Waals surface area contributed by atoms with Crippen molar-refractivity contribution in [1.82, 2.24) is 9.55 Å². The van der Waals surface area contributed by atoms with Gasteiger partial charge in [0.05, 0.1) is 6.33 Å². The Labute approximate surface area is 101 Å². The maximum absolute atomic E-state index is 5.85. The second-order valence-electron chi connectivity index (χ2n) is 4.74. The molecule has 0 amide bonds. The SMILES string of the molecule is CC(C)(N)COc1ccc(-n2ccnc2)cc1. The molecule has 17 heavy (non-hydrogen) atoms. The van der Waals surface area contributed by atoms with Crippen LogP contribution < -0.4 is 10.5 Å². The first-order valence-corrected chi connectivity index (χ1v) is 5.55. The van der Waals surface area contributed by atoms with Gasteiger partial charge in [0.2, 0.25) is 0 Å². The van der Waals surface area contributed by atoms with Gasteiger partial charge >= 0.3 is 0 Å². The molecule has 0 fully saturated rings. The lowest BCUT2D eigenvalue weighted by Crippen LogP contribution is -2.38. The van der Waals surface area contributed by atoms with Crippen LogP contribution in [0.2, 0.25) is 0 Å². The molecule has 0 spiro atoms. The van der Waals surface area contributed by atoms with E-state index in [-0.39, 0.29) is 5.54 Å². The third-order valence-electron chi connectivity index (χ3n) is 2.25. The predicted molar refractivity (Wildman–Crippen MR) is 67.3 cm³/mol. The summed E-state index contributed by atoms with van der Waals surface area (Å²) < 4.78 is 7.53. The normalized spacial score (nSPS) is 11.5. The largest absolute Gasteiger partial charge is 0.492 e. The number of nitrogens with zero attached hydrogens (tertiary/aromatic N) is 2. The second kappa shape index (κ2) is 4.59. The lowest BCUT2D eigenvalue weighted by Gasteiger charge is -2.19. The van der Waals surface area contributed by atoms with Crippen molar-refractivity contribution in [1.29, 1.82) is 0 Å². The van der Waals surface area contributed by atoms with Crippen molar-refractivity contribution >= 4 is 0 Å². The van der Waals surface area contributed by atoms with Gasteiger partial charge in [0.25, 0.3) is 0 Å². The van der Waals surface area contributed by atoms with Gasteiger partial charge in [0.15, 0.2) is 0 Å². The Kier molecular flexibility index (Phi) is 3.15. The van der Waals surface area contributed by atoms with E-state index in [4.69, 9.17) is 10.5 Å². The van der Waals surface area contributed by atoms with Crippen LogP contribution in [0, 0.1) is 0 Å². The molecule has 4 heteroatoms. The van der Waals surface area contributed by atoms with Gasteiger partial charge in [-0.05, 0) is 38.1 Å². The fraction of sp³-hybridized carbons (Fsp3) is 0.308. The molecule has 1 aromatic heterocycles. The van der Waals surface area contributed by atoms with Gasteiger partial charge in [0, 0.05) is 23.6 Å². The molecule has 0 aliphatic heterocycles. The smallest absolute Gasteiger partial charge is 0.119 e. The quantitative estimate of drug-likeness (QED) is 0.875. The molecule has 0 aliphatic carbocycles. The van der Waals surface area contributed by atoms with E-state index >= 15 is 0 Å². The van der Waals surface area contributed by atoms with Gasteiger partial charge in [-0.2, -0.15) is 0 Å². The lowest BCUT2D eigenvalue weighted by atomic mass is 10.1. The van der Waals surface area contributed by atoms with E-state index in [2.05, 4.69) is 4.98 Å². The second-order valence-corrected chi connectivity index (χ2v) is 4.74. The minimum absolute atomic E-state index is 0.316. The van der Waals surface area contributed by atoms with Crippen LogP contribution in [0.3, 0.4) is 0 Å². The average molecular weight is 231 g/mol. The van der Waals surface area contributed by atoms with Crippen LogP contribution in [-0.2, 0) is 0 Å². The van der Waals surface area contributed by atoms with Crippen LogP contribution in [0.15, 0.2) is 43.0 Å². The summed E-state index contributed by atoms with van der Waals surface area (Å²) in [7, 11) is 0. The third-order valence-corrected chi connectivity index (χ3v) is 2.25. The van der Waals surface area contributed by atoms with Crippen molar-refractivity contribution in [3.63, 3.8) is 0 Å². The van der Waals surface area contributed by atoms with Crippen LogP contribution in [-0.4, -0.2) is 21.7 Å². The summed E-state index contributed by atoms with van der Waals surface area (Å²) >= 11 is 0. The van der Waals surface area contributed by atoms with E-state index in [1.165, 1.54) is 0 Å². The number of rotatable bonds is 4. The fourth-order valence-electron chi connectivity index (χ4n) is 1.40. The summed E-state index contributed by atoms with van der Waals surface area (Å²) in [5.74, 6) is 0.826. The number of nitrogens with two attached hydrogens (primary N) is 1. The maximum Gasteiger partial charge on any atom is 0.119 e. The first-order chi connectivity index (χ1) is 8.04. The fourth-order valence-corrected chi connectivity index (χ4v) is 1.40. The predicted octanol–water partition coefficient (Wildman–Crippen LogP) is 1.99. The molecule has 1 heterocycles. The third kappa shape index (κ3) is 3.32. The molecule has 0 radical (unpaired) electrons. The van der Waals surface area contributed by atoms with Crippen molar-refractivity contribution in [2.24, 2.45) is 5.73 Å². The molecule has 2 aromatic rings. The summed E-state index contributed by atoms with van der Waals surface area (Å²) in [6.07, 6.45) is 5.42. The van der Waals surface area contributed by atoms with Gasteiger partial charge in [-0.25, -0.2) is 4.98 Å². The Balaban J connectivity index is 2.04. The van der Waals surface area contributed by atoms with Gasteiger partial charge in [-0.3, -0.25) is 0 Å². The van der Waals surface area contributed by atoms with Crippen molar-refractivity contribution in [3.05, 3.63) is 43.0 Å². The number of imidazole rings is 1. The molecule has 0 saturated carbocycles. The Morgan fingerprint density at radius 1 is 1.29 bits per heavy atom. The van der Waals surface area contributed by atoms with Gasteiger partial charge in [-0.1, -0.05) is 0 Å². The highest BCUT2D eigenvalue weighted by atomic mass is 16.5. The molecule has 2 N–H and O–H groups in total. The van der Waals surface area contributed by atoms with Gasteiger partial charge in [-0.15, -0.1) is 0 Å². The Hall–Kier alpha value is -1.81. The minimum Gasteiger partial charge on any atom is -0.492 e. The zero-order chi connectivity index (χ0) is 12.3. The summed E-state index contributed by atoms with van der Waals surface area (Å²) in [5.41, 5.74) is 6.59. The highest BCUT2D eigenvalue weighted by Crippen LogP contribution is 2.16. The molecule has 4 nitrogen and oxygen atoms in total. The van der Waals surface area contributed by atoms with E-state index in [9.17, 15) is 0 Å². The molecular weight excluding hydrogens is 214 g/mol.